The van der Waals surface area contributed by atoms with Gasteiger partial charge < -0.3 is 34.5 Å². The molecule has 252 valence electrons. The van der Waals surface area contributed by atoms with Crippen LogP contribution in [0.25, 0.3) is 10.9 Å². The SMILES string of the molecule is CCCN(CC)CCCOc1cc2nccc(Oc3ccc(NC(=O)C4(C(=O)Nc5ccc(F)cc5)CC4)cc3F)c2c2c1OCCO2. The molecule has 48 heavy (non-hydrogen) atoms. The molecule has 0 unspecified atom stereocenters. The van der Waals surface area contributed by atoms with E-state index in [0.29, 0.717) is 72.3 Å². The zero-order valence-corrected chi connectivity index (χ0v) is 26.9. The van der Waals surface area contributed by atoms with Crippen LogP contribution in [0, 0.1) is 17.0 Å². The second kappa shape index (κ2) is 14.4. The van der Waals surface area contributed by atoms with Gasteiger partial charge in [0.15, 0.2) is 23.1 Å². The summed E-state index contributed by atoms with van der Waals surface area (Å²) in [6, 6.07) is 12.7. The molecule has 2 aliphatic rings. The van der Waals surface area contributed by atoms with Crippen LogP contribution in [0.2, 0.25) is 0 Å². The Kier molecular flexibility index (Phi) is 9.90. The highest BCUT2D eigenvalue weighted by molar-refractivity contribution is 6.16. The summed E-state index contributed by atoms with van der Waals surface area (Å²) in [4.78, 5) is 32.9. The van der Waals surface area contributed by atoms with Crippen molar-refractivity contribution in [3.8, 4) is 28.7 Å². The molecule has 4 aromatic rings. The van der Waals surface area contributed by atoms with Gasteiger partial charge >= 0.3 is 0 Å². The molecule has 3 aromatic carbocycles. The maximum absolute atomic E-state index is 15.4. The summed E-state index contributed by atoms with van der Waals surface area (Å²) < 4.78 is 52.8. The molecule has 2 amide bonds. The van der Waals surface area contributed by atoms with Crippen LogP contribution in [0.15, 0.2) is 60.8 Å². The van der Waals surface area contributed by atoms with Gasteiger partial charge in [-0.15, -0.1) is 0 Å². The molecule has 6 rings (SSSR count). The number of benzene rings is 3. The molecule has 2 heterocycles. The number of pyridine rings is 1. The van der Waals surface area contributed by atoms with E-state index in [9.17, 15) is 14.0 Å². The Balaban J connectivity index is 1.15. The van der Waals surface area contributed by atoms with Gasteiger partial charge in [0, 0.05) is 36.2 Å². The zero-order valence-electron chi connectivity index (χ0n) is 26.9. The summed E-state index contributed by atoms with van der Waals surface area (Å²) in [6.45, 7) is 8.43. The quantitative estimate of drug-likeness (QED) is 0.111. The second-order valence-corrected chi connectivity index (χ2v) is 11.8. The fraction of sp³-hybridized carbons (Fsp3) is 0.361. The Bertz CT molecular complexity index is 1800. The Labute approximate surface area is 277 Å². The van der Waals surface area contributed by atoms with Crippen LogP contribution in [0.5, 0.6) is 28.7 Å². The topological polar surface area (TPSA) is 111 Å². The maximum atomic E-state index is 15.4. The van der Waals surface area contributed by atoms with Gasteiger partial charge in [0.25, 0.3) is 0 Å². The normalized spacial score (nSPS) is 14.4. The minimum atomic E-state index is -1.29. The van der Waals surface area contributed by atoms with Gasteiger partial charge in [-0.3, -0.25) is 14.6 Å². The van der Waals surface area contributed by atoms with Gasteiger partial charge in [-0.2, -0.15) is 0 Å². The first-order valence-corrected chi connectivity index (χ1v) is 16.2. The first-order chi connectivity index (χ1) is 23.3. The Hall–Kier alpha value is -4.97. The predicted octanol–water partition coefficient (Wildman–Crippen LogP) is 6.93. The van der Waals surface area contributed by atoms with Gasteiger partial charge in [0.05, 0.1) is 17.5 Å². The van der Waals surface area contributed by atoms with E-state index >= 15 is 4.39 Å². The van der Waals surface area contributed by atoms with E-state index in [1.807, 2.05) is 0 Å². The molecule has 10 nitrogen and oxygen atoms in total. The summed E-state index contributed by atoms with van der Waals surface area (Å²) in [7, 11) is 0. The van der Waals surface area contributed by atoms with Crippen molar-refractivity contribution in [1.29, 1.82) is 0 Å². The smallest absolute Gasteiger partial charge is 0.240 e. The Morgan fingerprint density at radius 3 is 2.27 bits per heavy atom. The van der Waals surface area contributed by atoms with E-state index < -0.39 is 28.9 Å². The van der Waals surface area contributed by atoms with Crippen molar-refractivity contribution in [2.75, 3.05) is 50.1 Å². The van der Waals surface area contributed by atoms with Crippen LogP contribution in [-0.2, 0) is 9.59 Å². The number of amides is 2. The number of fused-ring (bicyclic) bond motifs is 3. The minimum Gasteiger partial charge on any atom is -0.489 e. The number of hydrogen-bond acceptors (Lipinski definition) is 8. The van der Waals surface area contributed by atoms with E-state index in [4.69, 9.17) is 18.9 Å². The summed E-state index contributed by atoms with van der Waals surface area (Å²) in [5.74, 6) is -0.632. The molecular formula is C36H38F2N4O6. The summed E-state index contributed by atoms with van der Waals surface area (Å²) in [5.41, 5.74) is -0.214. The molecule has 1 aromatic heterocycles. The maximum Gasteiger partial charge on any atom is 0.240 e. The first kappa shape index (κ1) is 33.0. The summed E-state index contributed by atoms with van der Waals surface area (Å²) in [6.07, 6.45) is 4.17. The summed E-state index contributed by atoms with van der Waals surface area (Å²) in [5, 5.41) is 5.82. The van der Waals surface area contributed by atoms with Crippen molar-refractivity contribution in [2.45, 2.75) is 39.5 Å². The van der Waals surface area contributed by atoms with Crippen molar-refractivity contribution in [3.05, 3.63) is 72.4 Å². The zero-order chi connectivity index (χ0) is 33.7. The lowest BCUT2D eigenvalue weighted by molar-refractivity contribution is -0.131. The Morgan fingerprint density at radius 1 is 0.875 bits per heavy atom. The third-order valence-electron chi connectivity index (χ3n) is 8.44. The van der Waals surface area contributed by atoms with Crippen molar-refractivity contribution in [2.24, 2.45) is 5.41 Å². The molecule has 0 atom stereocenters. The van der Waals surface area contributed by atoms with Gasteiger partial charge in [0.2, 0.25) is 17.6 Å². The van der Waals surface area contributed by atoms with Crippen molar-refractivity contribution >= 4 is 34.1 Å². The first-order valence-electron chi connectivity index (χ1n) is 16.2. The van der Waals surface area contributed by atoms with Crippen LogP contribution in [0.1, 0.15) is 39.5 Å². The van der Waals surface area contributed by atoms with Gasteiger partial charge in [-0.25, -0.2) is 8.78 Å². The molecule has 12 heteroatoms. The number of ether oxygens (including phenoxy) is 4. The summed E-state index contributed by atoms with van der Waals surface area (Å²) >= 11 is 0. The highest BCUT2D eigenvalue weighted by atomic mass is 19.1. The van der Waals surface area contributed by atoms with E-state index in [2.05, 4.69) is 34.4 Å². The van der Waals surface area contributed by atoms with Crippen molar-refractivity contribution in [3.63, 3.8) is 0 Å². The van der Waals surface area contributed by atoms with Crippen molar-refractivity contribution < 1.29 is 37.3 Å². The molecule has 0 radical (unpaired) electrons. The molecule has 1 fully saturated rings. The number of carbonyl (C=O) groups is 2. The number of hydrogen-bond donors (Lipinski definition) is 2. The highest BCUT2D eigenvalue weighted by Crippen LogP contribution is 2.49. The molecule has 0 saturated heterocycles. The standard InChI is InChI=1S/C36H38F2N4O6/c1-3-16-42(4-2)17-5-18-45-30-22-27-31(33-32(30)46-19-20-47-33)29(12-15-39-27)48-28-11-10-25(21-26(28)38)41-35(44)36(13-14-36)34(43)40-24-8-6-23(37)7-9-24/h6-12,15,21-22H,3-5,13-14,16-20H2,1-2H3,(H,40,43)(H,41,44). The van der Waals surface area contributed by atoms with Crippen LogP contribution in [-0.4, -0.2) is 61.2 Å². The van der Waals surface area contributed by atoms with E-state index in [1.165, 1.54) is 36.4 Å². The van der Waals surface area contributed by atoms with Crippen LogP contribution >= 0.6 is 0 Å². The van der Waals surface area contributed by atoms with Crippen LogP contribution in [0.4, 0.5) is 20.2 Å². The number of aromatic nitrogens is 1. The average Bonchev–Trinajstić information content (AvgIpc) is 3.91. The minimum absolute atomic E-state index is 0.0888. The predicted molar refractivity (Wildman–Crippen MR) is 177 cm³/mol. The average molecular weight is 661 g/mol. The fourth-order valence-electron chi connectivity index (χ4n) is 5.68. The number of carbonyl (C=O) groups excluding carboxylic acids is 2. The monoisotopic (exact) mass is 660 g/mol. The third-order valence-corrected chi connectivity index (χ3v) is 8.44. The molecular weight excluding hydrogens is 622 g/mol. The van der Waals surface area contributed by atoms with Gasteiger partial charge in [0.1, 0.15) is 30.2 Å². The molecule has 0 bridgehead atoms. The lowest BCUT2D eigenvalue weighted by atomic mass is 10.0. The van der Waals surface area contributed by atoms with Gasteiger partial charge in [-0.05, 0) is 81.2 Å². The number of nitrogens with one attached hydrogen (secondary N) is 2. The lowest BCUT2D eigenvalue weighted by Gasteiger charge is -2.24. The lowest BCUT2D eigenvalue weighted by Crippen LogP contribution is -2.35. The van der Waals surface area contributed by atoms with E-state index in [1.54, 1.807) is 18.3 Å². The number of rotatable bonds is 14. The second-order valence-electron chi connectivity index (χ2n) is 11.8. The van der Waals surface area contributed by atoms with Crippen molar-refractivity contribution in [1.82, 2.24) is 9.88 Å². The highest BCUT2D eigenvalue weighted by Gasteiger charge is 2.56. The molecule has 1 saturated carbocycles. The largest absolute Gasteiger partial charge is 0.489 e. The van der Waals surface area contributed by atoms with Crippen LogP contribution in [0.3, 0.4) is 0 Å². The molecule has 2 N–H and O–H groups in total. The molecule has 1 aliphatic carbocycles. The fourth-order valence-corrected chi connectivity index (χ4v) is 5.68. The molecule has 0 spiro atoms. The molecule has 1 aliphatic heterocycles. The Morgan fingerprint density at radius 2 is 1.58 bits per heavy atom. The van der Waals surface area contributed by atoms with Crippen LogP contribution < -0.4 is 29.6 Å². The van der Waals surface area contributed by atoms with E-state index in [0.717, 1.165) is 38.5 Å². The number of anilines is 2. The van der Waals surface area contributed by atoms with Gasteiger partial charge in [-0.1, -0.05) is 13.8 Å². The van der Waals surface area contributed by atoms with E-state index in [-0.39, 0.29) is 11.4 Å². The number of halogens is 2. The third kappa shape index (κ3) is 7.13. The number of nitrogens with zero attached hydrogens (tertiary/aromatic N) is 2.